The lowest BCUT2D eigenvalue weighted by Gasteiger charge is -2.22. The molecule has 6 rings (SSSR count). The highest BCUT2D eigenvalue weighted by Crippen LogP contribution is 2.51. The highest BCUT2D eigenvalue weighted by molar-refractivity contribution is 6.16. The van der Waals surface area contributed by atoms with Crippen LogP contribution >= 0.6 is 0 Å². The molecule has 9 heteroatoms. The molecule has 52 heavy (non-hydrogen) atoms. The predicted octanol–water partition coefficient (Wildman–Crippen LogP) is 9.16. The molecule has 0 spiro atoms. The van der Waals surface area contributed by atoms with Crippen LogP contribution in [0.3, 0.4) is 0 Å². The summed E-state index contributed by atoms with van der Waals surface area (Å²) in [5.41, 5.74) is 2.69. The average molecular weight is 700 g/mol. The fraction of sp³-hybridized carbons (Fsp3) is 0.209. The predicted molar refractivity (Wildman–Crippen MR) is 202 cm³/mol. The van der Waals surface area contributed by atoms with Crippen molar-refractivity contribution in [3.63, 3.8) is 0 Å². The van der Waals surface area contributed by atoms with E-state index in [0.29, 0.717) is 24.0 Å². The smallest absolute Gasteiger partial charge is 0.256 e. The van der Waals surface area contributed by atoms with E-state index in [0.717, 1.165) is 17.2 Å². The van der Waals surface area contributed by atoms with Gasteiger partial charge in [0, 0.05) is 39.1 Å². The molecule has 0 bridgehead atoms. The van der Waals surface area contributed by atoms with Gasteiger partial charge in [0.1, 0.15) is 11.5 Å². The molecule has 0 aliphatic carbocycles. The second kappa shape index (κ2) is 14.2. The Bertz CT molecular complexity index is 2190. The molecule has 6 aromatic rings. The minimum absolute atomic E-state index is 0.0450. The van der Waals surface area contributed by atoms with Crippen molar-refractivity contribution in [2.24, 2.45) is 0 Å². The van der Waals surface area contributed by atoms with E-state index < -0.39 is 40.7 Å². The Hall–Kier alpha value is -6.22. The fourth-order valence-electron chi connectivity index (χ4n) is 7.29. The lowest BCUT2D eigenvalue weighted by molar-refractivity contribution is 0.0932. The van der Waals surface area contributed by atoms with Gasteiger partial charge in [-0.2, -0.15) is 0 Å². The number of fused-ring (bicyclic) bond motifs is 2. The van der Waals surface area contributed by atoms with Gasteiger partial charge in [-0.3, -0.25) is 9.59 Å². The van der Waals surface area contributed by atoms with E-state index in [-0.39, 0.29) is 67.6 Å². The normalized spacial score (nSPS) is 12.5. The van der Waals surface area contributed by atoms with Crippen molar-refractivity contribution in [1.82, 2.24) is 5.32 Å². The van der Waals surface area contributed by atoms with E-state index >= 15 is 0 Å². The van der Waals surface area contributed by atoms with E-state index in [1.165, 1.54) is 6.07 Å². The molecule has 0 aliphatic heterocycles. The maximum absolute atomic E-state index is 13.9. The molecular weight excluding hydrogens is 658 g/mol. The number of hydrogen-bond donors (Lipinski definition) is 7. The molecule has 0 saturated carbocycles. The van der Waals surface area contributed by atoms with Crippen molar-refractivity contribution >= 4 is 33.2 Å². The van der Waals surface area contributed by atoms with Crippen molar-refractivity contribution in [2.45, 2.75) is 58.9 Å². The Balaban J connectivity index is 1.49. The number of aromatic hydroxyl groups is 6. The summed E-state index contributed by atoms with van der Waals surface area (Å²) >= 11 is 0. The number of hydrogen-bond acceptors (Lipinski definition) is 8. The van der Waals surface area contributed by atoms with Crippen molar-refractivity contribution in [3.8, 4) is 45.6 Å². The summed E-state index contributed by atoms with van der Waals surface area (Å²) in [7, 11) is 0. The molecule has 1 amide bonds. The van der Waals surface area contributed by atoms with Gasteiger partial charge in [-0.05, 0) is 79.1 Å². The molecular formula is C43H41NO8. The van der Waals surface area contributed by atoms with Gasteiger partial charge in [0.2, 0.25) is 0 Å². The molecule has 2 atom stereocenters. The molecule has 9 nitrogen and oxygen atoms in total. The van der Waals surface area contributed by atoms with Crippen LogP contribution in [0.15, 0.2) is 84.9 Å². The van der Waals surface area contributed by atoms with Gasteiger partial charge >= 0.3 is 0 Å². The highest BCUT2D eigenvalue weighted by atomic mass is 16.3. The number of phenolic OH excluding ortho intramolecular Hbond substituents is 6. The molecule has 0 heterocycles. The zero-order valence-electron chi connectivity index (χ0n) is 29.4. The summed E-state index contributed by atoms with van der Waals surface area (Å²) in [6.07, 6.45) is 1.26. The Morgan fingerprint density at radius 3 is 1.52 bits per heavy atom. The quantitative estimate of drug-likeness (QED) is 0.0549. The van der Waals surface area contributed by atoms with Gasteiger partial charge in [-0.1, -0.05) is 74.5 Å². The molecule has 0 radical (unpaired) electrons. The molecule has 0 aliphatic rings. The monoisotopic (exact) mass is 699 g/mol. The van der Waals surface area contributed by atoms with Crippen LogP contribution in [0, 0.1) is 13.8 Å². The minimum Gasteiger partial charge on any atom is -0.507 e. The Morgan fingerprint density at radius 1 is 0.577 bits per heavy atom. The third-order valence-electron chi connectivity index (χ3n) is 10.0. The molecule has 0 aromatic heterocycles. The number of nitrogens with one attached hydrogen (secondary N) is 1. The van der Waals surface area contributed by atoms with Crippen LogP contribution in [0.5, 0.6) is 34.5 Å². The van der Waals surface area contributed by atoms with Gasteiger partial charge in [0.15, 0.2) is 28.8 Å². The summed E-state index contributed by atoms with van der Waals surface area (Å²) in [4.78, 5) is 27.6. The van der Waals surface area contributed by atoms with E-state index in [4.69, 9.17) is 0 Å². The zero-order valence-corrected chi connectivity index (χ0v) is 29.4. The number of amides is 1. The van der Waals surface area contributed by atoms with Crippen LogP contribution in [0.4, 0.5) is 0 Å². The first kappa shape index (κ1) is 35.6. The van der Waals surface area contributed by atoms with Crippen molar-refractivity contribution in [1.29, 1.82) is 0 Å². The topological polar surface area (TPSA) is 168 Å². The summed E-state index contributed by atoms with van der Waals surface area (Å²) in [5, 5.41) is 70.6. The number of Topliss-reactive ketones (excluding diaryl/α,β-unsaturated/α-hetero) is 1. The van der Waals surface area contributed by atoms with Crippen LogP contribution < -0.4 is 5.32 Å². The molecule has 266 valence electrons. The minimum atomic E-state index is -0.657. The van der Waals surface area contributed by atoms with Crippen LogP contribution in [0.1, 0.15) is 88.0 Å². The van der Waals surface area contributed by atoms with E-state index in [1.54, 1.807) is 26.0 Å². The maximum atomic E-state index is 13.9. The molecule has 0 fully saturated rings. The van der Waals surface area contributed by atoms with Gasteiger partial charge < -0.3 is 36.0 Å². The van der Waals surface area contributed by atoms with E-state index in [9.17, 15) is 40.2 Å². The third-order valence-corrected chi connectivity index (χ3v) is 10.0. The standard InChI is InChI=1S/C43H41NO8/c1-5-24(25-13-9-7-10-14-25)19-32(45)37-27-17-22(3)35(39(48)29(27)20-33(46)41(37)50)36-23(4)18-28-30(40(36)49)21-34(47)42(51)38(28)43(52)44-31(6-2)26-15-11-8-12-16-26/h7-18,20-21,24,31,46-51H,5-6,19H2,1-4H3,(H,44,52). The molecule has 7 N–H and O–H groups in total. The number of benzene rings is 6. The van der Waals surface area contributed by atoms with Crippen LogP contribution in [-0.4, -0.2) is 42.3 Å². The largest absolute Gasteiger partial charge is 0.507 e. The SMILES string of the molecule is CCC(CC(=O)c1c(O)c(O)cc2c(O)c(-c3c(C)cc4c(C(=O)NC(CC)c5ccccc5)c(O)c(O)cc4c3O)c(C)cc12)c1ccccc1. The summed E-state index contributed by atoms with van der Waals surface area (Å²) in [5.74, 6) is -4.40. The Morgan fingerprint density at radius 2 is 1.04 bits per heavy atom. The van der Waals surface area contributed by atoms with Crippen LogP contribution in [0.2, 0.25) is 0 Å². The molecule has 2 unspecified atom stereocenters. The summed E-state index contributed by atoms with van der Waals surface area (Å²) in [6, 6.07) is 24.0. The van der Waals surface area contributed by atoms with Gasteiger partial charge in [-0.15, -0.1) is 0 Å². The van der Waals surface area contributed by atoms with Gasteiger partial charge in [-0.25, -0.2) is 0 Å². The average Bonchev–Trinajstić information content (AvgIpc) is 3.13. The van der Waals surface area contributed by atoms with Gasteiger partial charge in [0.05, 0.1) is 17.2 Å². The number of carbonyl (C=O) groups excluding carboxylic acids is 2. The van der Waals surface area contributed by atoms with Crippen molar-refractivity contribution < 1.29 is 40.2 Å². The van der Waals surface area contributed by atoms with Crippen molar-refractivity contribution in [2.75, 3.05) is 0 Å². The van der Waals surface area contributed by atoms with Crippen LogP contribution in [-0.2, 0) is 0 Å². The molecule has 6 aromatic carbocycles. The zero-order chi connectivity index (χ0) is 37.4. The lowest BCUT2D eigenvalue weighted by Crippen LogP contribution is -2.28. The third kappa shape index (κ3) is 6.19. The molecule has 0 saturated heterocycles. The second-order valence-electron chi connectivity index (χ2n) is 13.3. The van der Waals surface area contributed by atoms with Crippen molar-refractivity contribution in [3.05, 3.63) is 118 Å². The summed E-state index contributed by atoms with van der Waals surface area (Å²) in [6.45, 7) is 7.22. The first-order chi connectivity index (χ1) is 24.9. The summed E-state index contributed by atoms with van der Waals surface area (Å²) < 4.78 is 0. The number of aryl methyl sites for hydroxylation is 2. The van der Waals surface area contributed by atoms with E-state index in [1.807, 2.05) is 74.5 Å². The first-order valence-corrected chi connectivity index (χ1v) is 17.2. The second-order valence-corrected chi connectivity index (χ2v) is 13.3. The van der Waals surface area contributed by atoms with Crippen LogP contribution in [0.25, 0.3) is 32.7 Å². The van der Waals surface area contributed by atoms with E-state index in [2.05, 4.69) is 5.32 Å². The number of phenols is 6. The lowest BCUT2D eigenvalue weighted by atomic mass is 9.85. The Labute approximate surface area is 301 Å². The number of ketones is 1. The maximum Gasteiger partial charge on any atom is 0.256 e. The number of carbonyl (C=O) groups is 2. The Kier molecular flexibility index (Phi) is 9.71. The number of rotatable bonds is 10. The van der Waals surface area contributed by atoms with Gasteiger partial charge in [0.25, 0.3) is 5.91 Å². The fourth-order valence-corrected chi connectivity index (χ4v) is 7.29. The highest BCUT2D eigenvalue weighted by Gasteiger charge is 2.29. The first-order valence-electron chi connectivity index (χ1n) is 17.2.